The average molecular weight is 455 g/mol. The third-order valence-corrected chi connectivity index (χ3v) is 8.28. The molecule has 0 aliphatic carbocycles. The van der Waals surface area contributed by atoms with Gasteiger partial charge in [-0.2, -0.15) is 8.42 Å². The first-order valence-electron chi connectivity index (χ1n) is 7.53. The smallest absolute Gasteiger partial charge is 0.296 e. The Hall–Kier alpha value is -1.51. The molecule has 1 aromatic carbocycles. The maximum absolute atomic E-state index is 12.5. The standard InChI is InChI=1S/C14H18N2O7S4/c1-2-6-25(17,18)13-7-11(16-9-10-4-3-5-24-10)12(27(21,22)23)8-14(13)26(15,19)20/h3-5,7-8,16H,2,6,9H2,1H3,(H2,15,19,20)(H,21,22,23). The van der Waals surface area contributed by atoms with E-state index < -0.39 is 44.7 Å². The molecule has 0 radical (unpaired) electrons. The van der Waals surface area contributed by atoms with E-state index in [2.05, 4.69) is 5.32 Å². The highest BCUT2D eigenvalue weighted by Crippen LogP contribution is 2.32. The predicted molar refractivity (Wildman–Crippen MR) is 102 cm³/mol. The van der Waals surface area contributed by atoms with E-state index in [0.717, 1.165) is 10.9 Å². The number of anilines is 1. The monoisotopic (exact) mass is 454 g/mol. The van der Waals surface area contributed by atoms with Crippen LogP contribution in [0.5, 0.6) is 0 Å². The van der Waals surface area contributed by atoms with Crippen LogP contribution in [0.3, 0.4) is 0 Å². The Labute approximate surface area is 161 Å². The molecule has 0 saturated heterocycles. The van der Waals surface area contributed by atoms with Gasteiger partial charge in [0, 0.05) is 11.4 Å². The Morgan fingerprint density at radius 2 is 1.74 bits per heavy atom. The fourth-order valence-electron chi connectivity index (χ4n) is 2.33. The Balaban J connectivity index is 2.73. The Bertz CT molecular complexity index is 1140. The molecule has 0 amide bonds. The average Bonchev–Trinajstić information content (AvgIpc) is 3.03. The summed E-state index contributed by atoms with van der Waals surface area (Å²) in [5.74, 6) is -0.356. The van der Waals surface area contributed by atoms with Crippen molar-refractivity contribution in [1.82, 2.24) is 0 Å². The van der Waals surface area contributed by atoms with Crippen molar-refractivity contribution in [3.63, 3.8) is 0 Å². The van der Waals surface area contributed by atoms with E-state index in [-0.39, 0.29) is 24.4 Å². The van der Waals surface area contributed by atoms with Gasteiger partial charge in [-0.15, -0.1) is 11.3 Å². The van der Waals surface area contributed by atoms with Gasteiger partial charge in [-0.1, -0.05) is 13.0 Å². The molecule has 0 spiro atoms. The third-order valence-electron chi connectivity index (χ3n) is 3.47. The fourth-order valence-corrected chi connectivity index (χ4v) is 6.50. The lowest BCUT2D eigenvalue weighted by Gasteiger charge is -2.15. The molecule has 0 saturated carbocycles. The summed E-state index contributed by atoms with van der Waals surface area (Å²) in [6.45, 7) is 1.73. The largest absolute Gasteiger partial charge is 0.379 e. The summed E-state index contributed by atoms with van der Waals surface area (Å²) >= 11 is 1.37. The van der Waals surface area contributed by atoms with Crippen LogP contribution in [0.15, 0.2) is 44.3 Å². The number of primary sulfonamides is 1. The summed E-state index contributed by atoms with van der Waals surface area (Å²) in [6.07, 6.45) is 0.213. The minimum absolute atomic E-state index is 0.141. The number of nitrogens with two attached hydrogens (primary N) is 1. The van der Waals surface area contributed by atoms with Crippen molar-refractivity contribution in [1.29, 1.82) is 0 Å². The number of thiophene rings is 1. The lowest BCUT2D eigenvalue weighted by atomic mass is 10.3. The number of sulfonamides is 1. The maximum Gasteiger partial charge on any atom is 0.296 e. The van der Waals surface area contributed by atoms with E-state index in [1.807, 2.05) is 0 Å². The van der Waals surface area contributed by atoms with Crippen LogP contribution in [0.25, 0.3) is 0 Å². The highest BCUT2D eigenvalue weighted by Gasteiger charge is 2.29. The van der Waals surface area contributed by atoms with Crippen molar-refractivity contribution in [2.75, 3.05) is 11.1 Å². The molecule has 9 nitrogen and oxygen atoms in total. The van der Waals surface area contributed by atoms with Crippen molar-refractivity contribution in [2.24, 2.45) is 5.14 Å². The second-order valence-corrected chi connectivity index (χ2v) is 11.6. The Kier molecular flexibility index (Phi) is 6.33. The molecule has 0 aliphatic heterocycles. The highest BCUT2D eigenvalue weighted by atomic mass is 32.2. The molecular weight excluding hydrogens is 436 g/mol. The molecule has 1 heterocycles. The summed E-state index contributed by atoms with van der Waals surface area (Å²) in [4.78, 5) is -1.47. The first kappa shape index (κ1) is 21.8. The molecular formula is C14H18N2O7S4. The number of sulfone groups is 1. The molecule has 150 valence electrons. The molecule has 0 fully saturated rings. The zero-order chi connectivity index (χ0) is 20.5. The van der Waals surface area contributed by atoms with Gasteiger partial charge in [-0.25, -0.2) is 22.0 Å². The van der Waals surface area contributed by atoms with Gasteiger partial charge in [-0.05, 0) is 30.0 Å². The molecule has 1 aromatic heterocycles. The van der Waals surface area contributed by atoms with E-state index in [9.17, 15) is 29.8 Å². The summed E-state index contributed by atoms with van der Waals surface area (Å²) in [7, 11) is -13.5. The molecule has 0 bridgehead atoms. The molecule has 0 unspecified atom stereocenters. The first-order valence-corrected chi connectivity index (χ1v) is 13.1. The van der Waals surface area contributed by atoms with Crippen LogP contribution in [-0.2, 0) is 36.5 Å². The van der Waals surface area contributed by atoms with Gasteiger partial charge in [0.05, 0.1) is 16.3 Å². The fraction of sp³-hybridized carbons (Fsp3) is 0.286. The number of nitrogens with one attached hydrogen (secondary N) is 1. The molecule has 27 heavy (non-hydrogen) atoms. The molecule has 0 atom stereocenters. The van der Waals surface area contributed by atoms with Gasteiger partial charge in [0.25, 0.3) is 10.1 Å². The van der Waals surface area contributed by atoms with E-state index in [1.165, 1.54) is 11.3 Å². The summed E-state index contributed by atoms with van der Waals surface area (Å²) in [5.41, 5.74) is -0.243. The number of benzene rings is 1. The quantitative estimate of drug-likeness (QED) is 0.505. The summed E-state index contributed by atoms with van der Waals surface area (Å²) in [6, 6.07) is 4.97. The number of rotatable bonds is 8. The second kappa shape index (κ2) is 7.85. The van der Waals surface area contributed by atoms with Gasteiger partial charge in [0.1, 0.15) is 9.79 Å². The van der Waals surface area contributed by atoms with E-state index in [0.29, 0.717) is 6.07 Å². The molecule has 2 rings (SSSR count). The van der Waals surface area contributed by atoms with Crippen molar-refractivity contribution in [3.05, 3.63) is 34.5 Å². The van der Waals surface area contributed by atoms with Crippen molar-refractivity contribution < 1.29 is 29.8 Å². The highest BCUT2D eigenvalue weighted by molar-refractivity contribution is 7.93. The van der Waals surface area contributed by atoms with Crippen LogP contribution < -0.4 is 10.5 Å². The maximum atomic E-state index is 12.5. The Morgan fingerprint density at radius 1 is 1.07 bits per heavy atom. The lowest BCUT2D eigenvalue weighted by molar-refractivity contribution is 0.483. The Morgan fingerprint density at radius 3 is 2.22 bits per heavy atom. The zero-order valence-corrected chi connectivity index (χ0v) is 17.4. The molecule has 4 N–H and O–H groups in total. The minimum atomic E-state index is -4.86. The van der Waals surface area contributed by atoms with Crippen molar-refractivity contribution in [2.45, 2.75) is 34.6 Å². The zero-order valence-electron chi connectivity index (χ0n) is 14.1. The lowest BCUT2D eigenvalue weighted by Crippen LogP contribution is -2.20. The topological polar surface area (TPSA) is 161 Å². The van der Waals surface area contributed by atoms with E-state index in [4.69, 9.17) is 5.14 Å². The normalized spacial score (nSPS) is 12.9. The van der Waals surface area contributed by atoms with Crippen molar-refractivity contribution >= 4 is 47.0 Å². The first-order chi connectivity index (χ1) is 12.4. The molecule has 0 aliphatic rings. The van der Waals surface area contributed by atoms with Crippen LogP contribution in [0, 0.1) is 0 Å². The van der Waals surface area contributed by atoms with Gasteiger partial charge < -0.3 is 5.32 Å². The summed E-state index contributed by atoms with van der Waals surface area (Å²) < 4.78 is 81.6. The van der Waals surface area contributed by atoms with E-state index >= 15 is 0 Å². The van der Waals surface area contributed by atoms with Crippen molar-refractivity contribution in [3.8, 4) is 0 Å². The van der Waals surface area contributed by atoms with Crippen LogP contribution >= 0.6 is 11.3 Å². The van der Waals surface area contributed by atoms with Crippen LogP contribution in [0.1, 0.15) is 18.2 Å². The molecule has 2 aromatic rings. The van der Waals surface area contributed by atoms with Crippen LogP contribution in [0.4, 0.5) is 5.69 Å². The number of hydrogen-bond donors (Lipinski definition) is 3. The van der Waals surface area contributed by atoms with Gasteiger partial charge in [0.15, 0.2) is 9.84 Å². The third kappa shape index (κ3) is 5.27. The van der Waals surface area contributed by atoms with Gasteiger partial charge in [-0.3, -0.25) is 4.55 Å². The van der Waals surface area contributed by atoms with Gasteiger partial charge in [0.2, 0.25) is 10.0 Å². The predicted octanol–water partition coefficient (Wildman–Crippen LogP) is 1.44. The van der Waals surface area contributed by atoms with Crippen LogP contribution in [-0.4, -0.2) is 35.6 Å². The molecule has 13 heteroatoms. The number of hydrogen-bond acceptors (Lipinski definition) is 8. The minimum Gasteiger partial charge on any atom is -0.379 e. The van der Waals surface area contributed by atoms with Gasteiger partial charge >= 0.3 is 0 Å². The second-order valence-electron chi connectivity index (χ2n) is 5.57. The SMILES string of the molecule is CCCS(=O)(=O)c1cc(NCc2cccs2)c(S(=O)(=O)O)cc1S(N)(=O)=O. The van der Waals surface area contributed by atoms with E-state index in [1.54, 1.807) is 24.4 Å². The van der Waals surface area contributed by atoms with Crippen LogP contribution in [0.2, 0.25) is 0 Å². The summed E-state index contributed by atoms with van der Waals surface area (Å²) in [5, 5.41) is 9.60.